The summed E-state index contributed by atoms with van der Waals surface area (Å²) in [6.07, 6.45) is 3.07. The van der Waals surface area contributed by atoms with Crippen molar-refractivity contribution in [2.24, 2.45) is 0 Å². The molecule has 4 amide bonds. The van der Waals surface area contributed by atoms with Gasteiger partial charge in [0.25, 0.3) is 11.5 Å². The van der Waals surface area contributed by atoms with Crippen molar-refractivity contribution >= 4 is 28.7 Å². The number of amides is 4. The molecule has 1 spiro atoms. The topological polar surface area (TPSA) is 134 Å². The Morgan fingerprint density at radius 2 is 1.82 bits per heavy atom. The van der Waals surface area contributed by atoms with Gasteiger partial charge in [-0.05, 0) is 25.8 Å². The van der Waals surface area contributed by atoms with Crippen molar-refractivity contribution in [2.45, 2.75) is 51.1 Å². The normalized spacial score (nSPS) is 16.9. The van der Waals surface area contributed by atoms with Crippen molar-refractivity contribution in [1.29, 1.82) is 0 Å². The van der Waals surface area contributed by atoms with Gasteiger partial charge in [-0.15, -0.1) is 0 Å². The van der Waals surface area contributed by atoms with Crippen LogP contribution in [-0.2, 0) is 16.1 Å². The zero-order valence-electron chi connectivity index (χ0n) is 19.6. The van der Waals surface area contributed by atoms with E-state index in [0.717, 1.165) is 17.7 Å². The lowest BCUT2D eigenvalue weighted by molar-refractivity contribution is -0.134. The van der Waals surface area contributed by atoms with E-state index in [2.05, 4.69) is 15.3 Å². The van der Waals surface area contributed by atoms with Gasteiger partial charge in [0.1, 0.15) is 11.4 Å². The summed E-state index contributed by atoms with van der Waals surface area (Å²) < 4.78 is 10.5. The number of nitrogens with one attached hydrogen (secondary N) is 2. The number of aromatic nitrogens is 2. The molecule has 34 heavy (non-hydrogen) atoms. The number of imide groups is 1. The molecule has 2 aliphatic rings. The molecule has 1 aromatic heterocycles. The zero-order chi connectivity index (χ0) is 24.5. The Kier molecular flexibility index (Phi) is 6.45. The van der Waals surface area contributed by atoms with Gasteiger partial charge < -0.3 is 24.7 Å². The summed E-state index contributed by atoms with van der Waals surface area (Å²) >= 11 is 0. The molecule has 1 aliphatic heterocycles. The number of hydrogen-bond donors (Lipinski definition) is 2. The van der Waals surface area contributed by atoms with Crippen molar-refractivity contribution in [3.8, 4) is 11.5 Å². The lowest BCUT2D eigenvalue weighted by Gasteiger charge is -2.22. The molecule has 2 heterocycles. The van der Waals surface area contributed by atoms with Crippen molar-refractivity contribution in [2.75, 3.05) is 27.3 Å². The summed E-state index contributed by atoms with van der Waals surface area (Å²) in [4.78, 5) is 60.5. The van der Waals surface area contributed by atoms with E-state index >= 15 is 0 Å². The van der Waals surface area contributed by atoms with E-state index in [4.69, 9.17) is 9.47 Å². The van der Waals surface area contributed by atoms with Crippen LogP contribution in [0.1, 0.15) is 44.9 Å². The SMILES string of the molecule is CCN(Cc1nc2cc(OC)c(OC)cc2c(=O)[nH]1)C(=O)CCN1C(=O)NC2(CCCC2)C1=O. The molecule has 1 saturated carbocycles. The first-order valence-corrected chi connectivity index (χ1v) is 11.4. The van der Waals surface area contributed by atoms with Crippen LogP contribution >= 0.6 is 0 Å². The highest BCUT2D eigenvalue weighted by Gasteiger charge is 2.52. The van der Waals surface area contributed by atoms with Crippen molar-refractivity contribution in [3.63, 3.8) is 0 Å². The summed E-state index contributed by atoms with van der Waals surface area (Å²) in [5, 5.41) is 3.16. The van der Waals surface area contributed by atoms with Crippen LogP contribution in [0.15, 0.2) is 16.9 Å². The van der Waals surface area contributed by atoms with Gasteiger partial charge in [0.05, 0.1) is 31.7 Å². The molecule has 182 valence electrons. The van der Waals surface area contributed by atoms with Gasteiger partial charge in [-0.3, -0.25) is 19.3 Å². The molecule has 4 rings (SSSR count). The number of ether oxygens (including phenoxy) is 2. The van der Waals surface area contributed by atoms with E-state index in [1.165, 1.54) is 19.1 Å². The minimum absolute atomic E-state index is 0.00802. The number of nitrogens with zero attached hydrogens (tertiary/aromatic N) is 3. The number of rotatable bonds is 8. The quantitative estimate of drug-likeness (QED) is 0.558. The molecule has 0 radical (unpaired) electrons. The number of carbonyl (C=O) groups excluding carboxylic acids is 3. The number of hydrogen-bond acceptors (Lipinski definition) is 7. The second kappa shape index (κ2) is 9.32. The van der Waals surface area contributed by atoms with Gasteiger partial charge in [-0.1, -0.05) is 12.8 Å². The largest absolute Gasteiger partial charge is 0.493 e. The van der Waals surface area contributed by atoms with Crippen LogP contribution in [0.2, 0.25) is 0 Å². The number of H-pyrrole nitrogens is 1. The summed E-state index contributed by atoms with van der Waals surface area (Å²) in [5.74, 6) is 0.692. The monoisotopic (exact) mass is 471 g/mol. The molecule has 2 N–H and O–H groups in total. The van der Waals surface area contributed by atoms with Crippen LogP contribution in [0.3, 0.4) is 0 Å². The molecule has 1 saturated heterocycles. The first kappa shape index (κ1) is 23.5. The second-order valence-electron chi connectivity index (χ2n) is 8.57. The van der Waals surface area contributed by atoms with Gasteiger partial charge in [-0.2, -0.15) is 0 Å². The van der Waals surface area contributed by atoms with Crippen molar-refractivity contribution in [3.05, 3.63) is 28.3 Å². The molecule has 11 nitrogen and oxygen atoms in total. The van der Waals surface area contributed by atoms with Crippen LogP contribution in [0.25, 0.3) is 10.9 Å². The molecular weight excluding hydrogens is 442 g/mol. The number of benzene rings is 1. The van der Waals surface area contributed by atoms with Crippen molar-refractivity contribution < 1.29 is 23.9 Å². The van der Waals surface area contributed by atoms with E-state index in [0.29, 0.717) is 47.6 Å². The number of aromatic amines is 1. The van der Waals surface area contributed by atoms with Crippen LogP contribution in [0, 0.1) is 0 Å². The average molecular weight is 472 g/mol. The Hall–Kier alpha value is -3.63. The lowest BCUT2D eigenvalue weighted by atomic mass is 9.98. The van der Waals surface area contributed by atoms with E-state index in [-0.39, 0.29) is 36.9 Å². The van der Waals surface area contributed by atoms with E-state index in [1.807, 2.05) is 6.92 Å². The van der Waals surface area contributed by atoms with Gasteiger partial charge in [0, 0.05) is 25.6 Å². The third-order valence-electron chi connectivity index (χ3n) is 6.59. The Bertz CT molecular complexity index is 1190. The first-order chi connectivity index (χ1) is 16.3. The third-order valence-corrected chi connectivity index (χ3v) is 6.59. The fourth-order valence-corrected chi connectivity index (χ4v) is 4.71. The van der Waals surface area contributed by atoms with E-state index in [1.54, 1.807) is 12.1 Å². The average Bonchev–Trinajstić information content (AvgIpc) is 3.39. The fraction of sp³-hybridized carbons (Fsp3) is 0.522. The predicted octanol–water partition coefficient (Wildman–Crippen LogP) is 1.54. The lowest BCUT2D eigenvalue weighted by Crippen LogP contribution is -2.44. The van der Waals surface area contributed by atoms with Crippen LogP contribution in [0.5, 0.6) is 11.5 Å². The number of urea groups is 1. The number of carbonyl (C=O) groups is 3. The fourth-order valence-electron chi connectivity index (χ4n) is 4.71. The minimum Gasteiger partial charge on any atom is -0.493 e. The standard InChI is InChI=1S/C23H29N5O6/c1-4-27(19(29)7-10-28-21(31)23(26-22(28)32)8-5-6-9-23)13-18-24-15-12-17(34-3)16(33-2)11-14(15)20(30)25-18/h11-12H,4-10,13H2,1-3H3,(H,26,32)(H,24,25,30). The molecule has 11 heteroatoms. The number of fused-ring (bicyclic) bond motifs is 1. The highest BCUT2D eigenvalue weighted by molar-refractivity contribution is 6.07. The summed E-state index contributed by atoms with van der Waals surface area (Å²) in [6, 6.07) is 2.73. The van der Waals surface area contributed by atoms with Gasteiger partial charge in [0.2, 0.25) is 5.91 Å². The van der Waals surface area contributed by atoms with Crippen LogP contribution < -0.4 is 20.3 Å². The summed E-state index contributed by atoms with van der Waals surface area (Å²) in [7, 11) is 2.98. The molecule has 0 bridgehead atoms. The van der Waals surface area contributed by atoms with Gasteiger partial charge in [-0.25, -0.2) is 9.78 Å². The van der Waals surface area contributed by atoms with Gasteiger partial charge >= 0.3 is 6.03 Å². The summed E-state index contributed by atoms with van der Waals surface area (Å²) in [5.41, 5.74) is -0.727. The minimum atomic E-state index is -0.789. The van der Waals surface area contributed by atoms with Crippen LogP contribution in [-0.4, -0.2) is 70.5 Å². The molecule has 1 aromatic carbocycles. The van der Waals surface area contributed by atoms with Crippen LogP contribution in [0.4, 0.5) is 4.79 Å². The highest BCUT2D eigenvalue weighted by atomic mass is 16.5. The third kappa shape index (κ3) is 4.17. The maximum absolute atomic E-state index is 12.9. The van der Waals surface area contributed by atoms with E-state index < -0.39 is 11.6 Å². The van der Waals surface area contributed by atoms with Crippen molar-refractivity contribution in [1.82, 2.24) is 25.1 Å². The molecular formula is C23H29N5O6. The molecule has 0 atom stereocenters. The first-order valence-electron chi connectivity index (χ1n) is 11.4. The molecule has 0 unspecified atom stereocenters. The zero-order valence-corrected chi connectivity index (χ0v) is 19.6. The number of methoxy groups -OCH3 is 2. The Morgan fingerprint density at radius 3 is 2.47 bits per heavy atom. The maximum Gasteiger partial charge on any atom is 0.325 e. The maximum atomic E-state index is 12.9. The highest BCUT2D eigenvalue weighted by Crippen LogP contribution is 2.35. The molecule has 2 fully saturated rings. The summed E-state index contributed by atoms with van der Waals surface area (Å²) in [6.45, 7) is 2.28. The molecule has 1 aliphatic carbocycles. The van der Waals surface area contributed by atoms with Gasteiger partial charge in [0.15, 0.2) is 11.5 Å². The van der Waals surface area contributed by atoms with E-state index in [9.17, 15) is 19.2 Å². The smallest absolute Gasteiger partial charge is 0.325 e. The Balaban J connectivity index is 1.46. The Labute approximate surface area is 196 Å². The predicted molar refractivity (Wildman–Crippen MR) is 123 cm³/mol. The second-order valence-corrected chi connectivity index (χ2v) is 8.57. The Morgan fingerprint density at radius 1 is 1.15 bits per heavy atom. The molecule has 2 aromatic rings.